The summed E-state index contributed by atoms with van der Waals surface area (Å²) in [7, 11) is 0. The van der Waals surface area contributed by atoms with Crippen LogP contribution in [0.25, 0.3) is 0 Å². The molecule has 3 aromatic rings. The lowest BCUT2D eigenvalue weighted by atomic mass is 10.1. The van der Waals surface area contributed by atoms with E-state index in [9.17, 15) is 4.79 Å². The molecular weight excluding hydrogens is 316 g/mol. The van der Waals surface area contributed by atoms with Crippen molar-refractivity contribution in [3.8, 4) is 5.75 Å². The van der Waals surface area contributed by atoms with Crippen LogP contribution in [0, 0.1) is 20.8 Å². The first kappa shape index (κ1) is 16.8. The Morgan fingerprint density at radius 2 is 1.84 bits per heavy atom. The zero-order chi connectivity index (χ0) is 17.8. The molecule has 0 aliphatic carbocycles. The van der Waals surface area contributed by atoms with Crippen LogP contribution >= 0.6 is 0 Å². The quantitative estimate of drug-likeness (QED) is 0.748. The van der Waals surface area contributed by atoms with Gasteiger partial charge in [-0.2, -0.15) is 0 Å². The summed E-state index contributed by atoms with van der Waals surface area (Å²) in [6.07, 6.45) is 0. The second kappa shape index (κ2) is 7.21. The Morgan fingerprint density at radius 1 is 1.08 bits per heavy atom. The maximum Gasteiger partial charge on any atom is 0.278 e. The largest absolute Gasteiger partial charge is 0.489 e. The molecule has 1 N–H and O–H groups in total. The minimum Gasteiger partial charge on any atom is -0.489 e. The van der Waals surface area contributed by atoms with Crippen LogP contribution in [0.4, 0.5) is 5.69 Å². The molecule has 0 aliphatic rings. The van der Waals surface area contributed by atoms with Crippen LogP contribution in [-0.4, -0.2) is 11.1 Å². The zero-order valence-electron chi connectivity index (χ0n) is 14.5. The average Bonchev–Trinajstić information content (AvgIpc) is 2.98. The summed E-state index contributed by atoms with van der Waals surface area (Å²) in [6.45, 7) is 6.02. The van der Waals surface area contributed by atoms with E-state index in [2.05, 4.69) is 10.5 Å². The summed E-state index contributed by atoms with van der Waals surface area (Å²) in [5, 5.41) is 6.76. The van der Waals surface area contributed by atoms with E-state index in [1.165, 1.54) is 5.56 Å². The van der Waals surface area contributed by atoms with Crippen molar-refractivity contribution < 1.29 is 14.1 Å². The number of nitrogens with zero attached hydrogens (tertiary/aromatic N) is 1. The van der Waals surface area contributed by atoms with Crippen molar-refractivity contribution >= 4 is 11.6 Å². The number of anilines is 1. The van der Waals surface area contributed by atoms with E-state index in [1.807, 2.05) is 62.4 Å². The average molecular weight is 336 g/mol. The Bertz CT molecular complexity index is 885. The summed E-state index contributed by atoms with van der Waals surface area (Å²) in [5.41, 5.74) is 3.90. The zero-order valence-corrected chi connectivity index (χ0v) is 14.5. The number of rotatable bonds is 5. The number of nitrogens with one attached hydrogen (secondary N) is 1. The number of aromatic nitrogens is 1. The molecule has 0 aliphatic heterocycles. The third kappa shape index (κ3) is 3.88. The summed E-state index contributed by atoms with van der Waals surface area (Å²) >= 11 is 0. The molecule has 1 aromatic heterocycles. The van der Waals surface area contributed by atoms with Crippen molar-refractivity contribution in [1.29, 1.82) is 0 Å². The molecule has 0 saturated heterocycles. The lowest BCUT2D eigenvalue weighted by Gasteiger charge is -2.08. The first-order chi connectivity index (χ1) is 12.0. The first-order valence-electron chi connectivity index (χ1n) is 8.06. The minimum atomic E-state index is -0.313. The van der Waals surface area contributed by atoms with Gasteiger partial charge in [0.25, 0.3) is 5.91 Å². The van der Waals surface area contributed by atoms with Gasteiger partial charge in [0.05, 0.1) is 5.56 Å². The highest BCUT2D eigenvalue weighted by atomic mass is 16.5. The van der Waals surface area contributed by atoms with Gasteiger partial charge < -0.3 is 14.6 Å². The highest BCUT2D eigenvalue weighted by molar-refractivity contribution is 6.03. The molecule has 25 heavy (non-hydrogen) atoms. The van der Waals surface area contributed by atoms with Gasteiger partial charge in [-0.05, 0) is 56.2 Å². The highest BCUT2D eigenvalue weighted by Crippen LogP contribution is 2.20. The van der Waals surface area contributed by atoms with Gasteiger partial charge in [0, 0.05) is 5.69 Å². The van der Waals surface area contributed by atoms with Crippen molar-refractivity contribution in [3.63, 3.8) is 0 Å². The van der Waals surface area contributed by atoms with Crippen LogP contribution < -0.4 is 10.1 Å². The molecule has 0 bridgehead atoms. The first-order valence-corrected chi connectivity index (χ1v) is 8.06. The smallest absolute Gasteiger partial charge is 0.278 e. The standard InChI is InChI=1S/C20H20N2O3/c1-13-9-10-16(11-14(13)2)21-20(23)19-18(15(3)25-22-19)12-24-17-7-5-4-6-8-17/h4-11H,12H2,1-3H3,(H,21,23). The number of carbonyl (C=O) groups excluding carboxylic acids is 1. The monoisotopic (exact) mass is 336 g/mol. The third-order valence-corrected chi connectivity index (χ3v) is 4.09. The number of benzene rings is 2. The molecule has 0 radical (unpaired) electrons. The molecule has 1 amide bonds. The summed E-state index contributed by atoms with van der Waals surface area (Å²) in [5.74, 6) is 0.983. The SMILES string of the molecule is Cc1ccc(NC(=O)c2noc(C)c2COc2ccccc2)cc1C. The van der Waals surface area contributed by atoms with E-state index in [4.69, 9.17) is 9.26 Å². The Kier molecular flexibility index (Phi) is 4.84. The van der Waals surface area contributed by atoms with Gasteiger partial charge in [-0.15, -0.1) is 0 Å². The summed E-state index contributed by atoms with van der Waals surface area (Å²) in [6, 6.07) is 15.2. The fourth-order valence-electron chi connectivity index (χ4n) is 2.42. The van der Waals surface area contributed by atoms with Gasteiger partial charge >= 0.3 is 0 Å². The summed E-state index contributed by atoms with van der Waals surface area (Å²) in [4.78, 5) is 12.6. The number of hydrogen-bond acceptors (Lipinski definition) is 4. The molecule has 128 valence electrons. The molecule has 3 rings (SSSR count). The van der Waals surface area contributed by atoms with Crippen molar-refractivity contribution in [3.05, 3.63) is 76.7 Å². The lowest BCUT2D eigenvalue weighted by Crippen LogP contribution is -2.15. The molecule has 0 saturated carbocycles. The van der Waals surface area contributed by atoms with Crippen LogP contribution in [0.3, 0.4) is 0 Å². The van der Waals surface area contributed by atoms with E-state index in [-0.39, 0.29) is 18.2 Å². The fourth-order valence-corrected chi connectivity index (χ4v) is 2.42. The fraction of sp³-hybridized carbons (Fsp3) is 0.200. The Labute approximate surface area is 146 Å². The molecule has 0 spiro atoms. The molecule has 5 heteroatoms. The van der Waals surface area contributed by atoms with Crippen molar-refractivity contribution in [2.45, 2.75) is 27.4 Å². The van der Waals surface area contributed by atoms with E-state index in [0.717, 1.165) is 17.0 Å². The van der Waals surface area contributed by atoms with Crippen LogP contribution in [-0.2, 0) is 6.61 Å². The van der Waals surface area contributed by atoms with Gasteiger partial charge in [-0.25, -0.2) is 0 Å². The van der Waals surface area contributed by atoms with Crippen LogP contribution in [0.1, 0.15) is 32.9 Å². The minimum absolute atomic E-state index is 0.217. The Morgan fingerprint density at radius 3 is 2.56 bits per heavy atom. The van der Waals surface area contributed by atoms with E-state index >= 15 is 0 Å². The second-order valence-electron chi connectivity index (χ2n) is 5.92. The molecule has 0 atom stereocenters. The predicted octanol–water partition coefficient (Wildman–Crippen LogP) is 4.43. The van der Waals surface area contributed by atoms with E-state index in [0.29, 0.717) is 11.3 Å². The van der Waals surface area contributed by atoms with E-state index < -0.39 is 0 Å². The predicted molar refractivity (Wildman–Crippen MR) is 95.9 cm³/mol. The Hall–Kier alpha value is -3.08. The number of carbonyl (C=O) groups is 1. The number of hydrogen-bond donors (Lipinski definition) is 1. The molecule has 5 nitrogen and oxygen atoms in total. The van der Waals surface area contributed by atoms with Crippen LogP contribution in [0.15, 0.2) is 53.1 Å². The van der Waals surface area contributed by atoms with Crippen LogP contribution in [0.5, 0.6) is 5.75 Å². The maximum absolute atomic E-state index is 12.6. The normalized spacial score (nSPS) is 10.5. The number of para-hydroxylation sites is 1. The third-order valence-electron chi connectivity index (χ3n) is 4.09. The molecule has 2 aromatic carbocycles. The molecular formula is C20H20N2O3. The topological polar surface area (TPSA) is 64.4 Å². The van der Waals surface area contributed by atoms with Crippen molar-refractivity contribution in [1.82, 2.24) is 5.16 Å². The molecule has 0 fully saturated rings. The Balaban J connectivity index is 1.75. The number of amides is 1. The van der Waals surface area contributed by atoms with Crippen molar-refractivity contribution in [2.24, 2.45) is 0 Å². The highest BCUT2D eigenvalue weighted by Gasteiger charge is 2.20. The lowest BCUT2D eigenvalue weighted by molar-refractivity contribution is 0.101. The van der Waals surface area contributed by atoms with Gasteiger partial charge in [-0.3, -0.25) is 4.79 Å². The van der Waals surface area contributed by atoms with Gasteiger partial charge in [0.1, 0.15) is 18.1 Å². The molecule has 1 heterocycles. The molecule has 0 unspecified atom stereocenters. The van der Waals surface area contributed by atoms with E-state index in [1.54, 1.807) is 6.92 Å². The maximum atomic E-state index is 12.6. The number of ether oxygens (including phenoxy) is 1. The summed E-state index contributed by atoms with van der Waals surface area (Å²) < 4.78 is 10.9. The number of aryl methyl sites for hydroxylation is 3. The second-order valence-corrected chi connectivity index (χ2v) is 5.92. The van der Waals surface area contributed by atoms with Gasteiger partial charge in [0.15, 0.2) is 5.69 Å². The van der Waals surface area contributed by atoms with Gasteiger partial charge in [-0.1, -0.05) is 29.4 Å². The van der Waals surface area contributed by atoms with Gasteiger partial charge in [0.2, 0.25) is 0 Å². The van der Waals surface area contributed by atoms with Crippen LogP contribution in [0.2, 0.25) is 0 Å². The van der Waals surface area contributed by atoms with Crippen molar-refractivity contribution in [2.75, 3.05) is 5.32 Å².